The molecule has 4 aromatic rings. The van der Waals surface area contributed by atoms with Crippen molar-refractivity contribution in [3.63, 3.8) is 0 Å². The van der Waals surface area contributed by atoms with Gasteiger partial charge in [-0.05, 0) is 19.1 Å². The molecule has 0 saturated carbocycles. The maximum absolute atomic E-state index is 12.6. The van der Waals surface area contributed by atoms with Gasteiger partial charge < -0.3 is 4.74 Å². The van der Waals surface area contributed by atoms with Crippen molar-refractivity contribution in [2.24, 2.45) is 0 Å². The molecule has 0 unspecified atom stereocenters. The third kappa shape index (κ3) is 2.92. The average molecular weight is 349 g/mol. The molecule has 0 amide bonds. The number of thiazole rings is 1. The van der Waals surface area contributed by atoms with Crippen molar-refractivity contribution in [2.45, 2.75) is 6.92 Å². The van der Waals surface area contributed by atoms with Crippen molar-refractivity contribution in [1.82, 2.24) is 14.6 Å². The van der Waals surface area contributed by atoms with Gasteiger partial charge in [0.15, 0.2) is 5.82 Å². The molecule has 2 aromatic heterocycles. The molecule has 0 N–H and O–H groups in total. The SMILES string of the molecule is CCOc1ccccc1C=c1sc2nc(-c3ccccc3)nn2c1=O. The molecule has 0 aliphatic carbocycles. The van der Waals surface area contributed by atoms with E-state index in [-0.39, 0.29) is 5.56 Å². The average Bonchev–Trinajstić information content (AvgIpc) is 3.18. The number of ether oxygens (including phenoxy) is 1. The maximum Gasteiger partial charge on any atom is 0.291 e. The lowest BCUT2D eigenvalue weighted by atomic mass is 10.2. The van der Waals surface area contributed by atoms with E-state index in [4.69, 9.17) is 4.74 Å². The Labute approximate surface area is 147 Å². The first kappa shape index (κ1) is 15.5. The van der Waals surface area contributed by atoms with Crippen molar-refractivity contribution in [3.05, 3.63) is 75.0 Å². The Balaban J connectivity index is 1.81. The van der Waals surface area contributed by atoms with E-state index in [1.165, 1.54) is 15.9 Å². The van der Waals surface area contributed by atoms with Crippen molar-refractivity contribution in [2.75, 3.05) is 6.61 Å². The highest BCUT2D eigenvalue weighted by Crippen LogP contribution is 2.19. The number of hydrogen-bond donors (Lipinski definition) is 0. The van der Waals surface area contributed by atoms with E-state index in [0.717, 1.165) is 16.9 Å². The smallest absolute Gasteiger partial charge is 0.291 e. The van der Waals surface area contributed by atoms with Crippen LogP contribution in [0.25, 0.3) is 22.4 Å². The quantitative estimate of drug-likeness (QED) is 0.568. The molecule has 4 rings (SSSR count). The highest BCUT2D eigenvalue weighted by atomic mass is 32.1. The third-order valence-electron chi connectivity index (χ3n) is 3.72. The zero-order valence-corrected chi connectivity index (χ0v) is 14.4. The Bertz CT molecular complexity index is 1130. The standard InChI is InChI=1S/C19H15N3O2S/c1-2-24-15-11-7-6-10-14(15)12-16-18(23)22-19(25-16)20-17(21-22)13-8-4-3-5-9-13/h3-12H,2H2,1H3. The largest absolute Gasteiger partial charge is 0.493 e. The van der Waals surface area contributed by atoms with E-state index in [1.54, 1.807) is 0 Å². The van der Waals surface area contributed by atoms with Gasteiger partial charge in [-0.3, -0.25) is 4.79 Å². The normalized spacial score (nSPS) is 12.0. The van der Waals surface area contributed by atoms with Crippen LogP contribution in [0.3, 0.4) is 0 Å². The molecule has 0 atom stereocenters. The summed E-state index contributed by atoms with van der Waals surface area (Å²) < 4.78 is 7.56. The number of fused-ring (bicyclic) bond motifs is 1. The van der Waals surface area contributed by atoms with E-state index in [1.807, 2.05) is 67.6 Å². The number of aromatic nitrogens is 3. The van der Waals surface area contributed by atoms with Crippen molar-refractivity contribution >= 4 is 22.4 Å². The molecular formula is C19H15N3O2S. The summed E-state index contributed by atoms with van der Waals surface area (Å²) in [4.78, 5) is 17.7. The molecule has 5 nitrogen and oxygen atoms in total. The molecule has 2 aromatic carbocycles. The van der Waals surface area contributed by atoms with Gasteiger partial charge in [-0.25, -0.2) is 0 Å². The van der Waals surface area contributed by atoms with Gasteiger partial charge in [0.25, 0.3) is 5.56 Å². The second kappa shape index (κ2) is 6.49. The minimum Gasteiger partial charge on any atom is -0.493 e. The Morgan fingerprint density at radius 3 is 2.64 bits per heavy atom. The van der Waals surface area contributed by atoms with Crippen LogP contribution in [-0.4, -0.2) is 21.2 Å². The molecule has 2 heterocycles. The van der Waals surface area contributed by atoms with Gasteiger partial charge in [-0.15, -0.1) is 5.10 Å². The Kier molecular flexibility index (Phi) is 4.03. The molecule has 25 heavy (non-hydrogen) atoms. The van der Waals surface area contributed by atoms with Crippen LogP contribution < -0.4 is 14.8 Å². The van der Waals surface area contributed by atoms with Gasteiger partial charge in [0.05, 0.1) is 11.1 Å². The van der Waals surface area contributed by atoms with E-state index in [0.29, 0.717) is 21.9 Å². The number of benzene rings is 2. The van der Waals surface area contributed by atoms with Crippen LogP contribution in [-0.2, 0) is 0 Å². The highest BCUT2D eigenvalue weighted by Gasteiger charge is 2.12. The molecular weight excluding hydrogens is 334 g/mol. The number of para-hydroxylation sites is 1. The summed E-state index contributed by atoms with van der Waals surface area (Å²) in [6.07, 6.45) is 1.83. The minimum atomic E-state index is -0.166. The fraction of sp³-hybridized carbons (Fsp3) is 0.105. The molecule has 6 heteroatoms. The molecule has 0 aliphatic heterocycles. The number of hydrogen-bond acceptors (Lipinski definition) is 5. The first-order chi connectivity index (χ1) is 12.3. The van der Waals surface area contributed by atoms with Crippen LogP contribution in [0.4, 0.5) is 0 Å². The zero-order chi connectivity index (χ0) is 17.2. The molecule has 0 fully saturated rings. The van der Waals surface area contributed by atoms with Crippen molar-refractivity contribution < 1.29 is 4.74 Å². The molecule has 0 spiro atoms. The Hall–Kier alpha value is -2.99. The monoisotopic (exact) mass is 349 g/mol. The fourth-order valence-electron chi connectivity index (χ4n) is 2.57. The molecule has 0 aliphatic rings. The summed E-state index contributed by atoms with van der Waals surface area (Å²) in [5.74, 6) is 1.32. The highest BCUT2D eigenvalue weighted by molar-refractivity contribution is 7.15. The van der Waals surface area contributed by atoms with Crippen LogP contribution in [0.5, 0.6) is 5.75 Å². The van der Waals surface area contributed by atoms with Crippen LogP contribution in [0, 0.1) is 0 Å². The Morgan fingerprint density at radius 2 is 1.88 bits per heavy atom. The van der Waals surface area contributed by atoms with E-state index in [9.17, 15) is 4.79 Å². The summed E-state index contributed by atoms with van der Waals surface area (Å²) in [6, 6.07) is 17.3. The number of rotatable bonds is 4. The number of nitrogens with zero attached hydrogens (tertiary/aromatic N) is 3. The second-order valence-corrected chi connectivity index (χ2v) is 6.39. The summed E-state index contributed by atoms with van der Waals surface area (Å²) >= 11 is 1.33. The van der Waals surface area contributed by atoms with Gasteiger partial charge in [0.1, 0.15) is 5.75 Å². The maximum atomic E-state index is 12.6. The summed E-state index contributed by atoms with van der Waals surface area (Å²) in [5, 5.41) is 4.36. The lowest BCUT2D eigenvalue weighted by Crippen LogP contribution is -2.23. The predicted molar refractivity (Wildman–Crippen MR) is 99.0 cm³/mol. The van der Waals surface area contributed by atoms with Crippen LogP contribution in [0.1, 0.15) is 12.5 Å². The summed E-state index contributed by atoms with van der Waals surface area (Å²) in [5.41, 5.74) is 1.60. The molecule has 0 saturated heterocycles. The molecule has 124 valence electrons. The fourth-order valence-corrected chi connectivity index (χ4v) is 3.47. The second-order valence-electron chi connectivity index (χ2n) is 5.38. The van der Waals surface area contributed by atoms with Gasteiger partial charge in [-0.1, -0.05) is 59.9 Å². The first-order valence-electron chi connectivity index (χ1n) is 7.95. The first-order valence-corrected chi connectivity index (χ1v) is 8.76. The van der Waals surface area contributed by atoms with Crippen LogP contribution in [0.2, 0.25) is 0 Å². The summed E-state index contributed by atoms with van der Waals surface area (Å²) in [7, 11) is 0. The lowest BCUT2D eigenvalue weighted by molar-refractivity contribution is 0.339. The van der Waals surface area contributed by atoms with Gasteiger partial charge in [0, 0.05) is 11.1 Å². The van der Waals surface area contributed by atoms with Crippen molar-refractivity contribution in [3.8, 4) is 17.1 Å². The minimum absolute atomic E-state index is 0.166. The van der Waals surface area contributed by atoms with Gasteiger partial charge in [0.2, 0.25) is 4.96 Å². The third-order valence-corrected chi connectivity index (χ3v) is 4.68. The van der Waals surface area contributed by atoms with Crippen LogP contribution >= 0.6 is 11.3 Å². The summed E-state index contributed by atoms with van der Waals surface area (Å²) in [6.45, 7) is 2.51. The van der Waals surface area contributed by atoms with E-state index in [2.05, 4.69) is 10.1 Å². The van der Waals surface area contributed by atoms with Gasteiger partial charge in [-0.2, -0.15) is 9.50 Å². The topological polar surface area (TPSA) is 56.5 Å². The zero-order valence-electron chi connectivity index (χ0n) is 13.5. The van der Waals surface area contributed by atoms with E-state index < -0.39 is 0 Å². The van der Waals surface area contributed by atoms with Crippen molar-refractivity contribution in [1.29, 1.82) is 0 Å². The predicted octanol–water partition coefficient (Wildman–Crippen LogP) is 2.76. The van der Waals surface area contributed by atoms with E-state index >= 15 is 0 Å². The van der Waals surface area contributed by atoms with Gasteiger partial charge >= 0.3 is 0 Å². The molecule has 0 radical (unpaired) electrons. The Morgan fingerprint density at radius 1 is 1.12 bits per heavy atom. The van der Waals surface area contributed by atoms with Crippen LogP contribution in [0.15, 0.2) is 59.4 Å². The molecule has 0 bridgehead atoms. The lowest BCUT2D eigenvalue weighted by Gasteiger charge is -2.05.